The quantitative estimate of drug-likeness (QED) is 0.721. The van der Waals surface area contributed by atoms with Gasteiger partial charge in [-0.05, 0) is 29.8 Å². The topological polar surface area (TPSA) is 64.4 Å². The lowest BCUT2D eigenvalue weighted by Crippen LogP contribution is -2.17. The van der Waals surface area contributed by atoms with Gasteiger partial charge >= 0.3 is 6.36 Å². The third-order valence-corrected chi connectivity index (χ3v) is 3.97. The van der Waals surface area contributed by atoms with E-state index in [0.29, 0.717) is 11.6 Å². The molecule has 0 aliphatic carbocycles. The number of amides is 1. The van der Waals surface area contributed by atoms with E-state index in [-0.39, 0.29) is 11.5 Å². The smallest absolute Gasteiger partial charge is 0.459 e. The standard InChI is InChI=1S/C16H11F3N2O3S/c17-16(18,19)24-11-5-3-10(4-6-11)8-12-9-20-15(25-12)21-14(22)13-2-1-7-23-13/h1-7,9H,8H2,(H,20,21,22). The van der Waals surface area contributed by atoms with Crippen LogP contribution in [0.25, 0.3) is 0 Å². The molecule has 0 fully saturated rings. The van der Waals surface area contributed by atoms with E-state index < -0.39 is 12.3 Å². The zero-order valence-corrected chi connectivity index (χ0v) is 13.4. The number of nitrogens with one attached hydrogen (secondary N) is 1. The average Bonchev–Trinajstić information content (AvgIpc) is 3.20. The molecule has 1 N–H and O–H groups in total. The van der Waals surface area contributed by atoms with Crippen LogP contribution < -0.4 is 10.1 Å². The number of alkyl halides is 3. The predicted octanol–water partition coefficient (Wildman–Crippen LogP) is 4.48. The van der Waals surface area contributed by atoms with Crippen LogP contribution >= 0.6 is 11.3 Å². The molecule has 0 unspecified atom stereocenters. The molecule has 0 saturated heterocycles. The van der Waals surface area contributed by atoms with Crippen LogP contribution in [0.5, 0.6) is 5.75 Å². The fraction of sp³-hybridized carbons (Fsp3) is 0.125. The van der Waals surface area contributed by atoms with Gasteiger partial charge in [-0.1, -0.05) is 12.1 Å². The maximum atomic E-state index is 12.1. The van der Waals surface area contributed by atoms with Gasteiger partial charge in [-0.3, -0.25) is 10.1 Å². The van der Waals surface area contributed by atoms with Crippen molar-refractivity contribution in [1.82, 2.24) is 4.98 Å². The molecule has 1 aromatic carbocycles. The van der Waals surface area contributed by atoms with Crippen molar-refractivity contribution in [2.75, 3.05) is 5.32 Å². The van der Waals surface area contributed by atoms with E-state index in [4.69, 9.17) is 4.42 Å². The summed E-state index contributed by atoms with van der Waals surface area (Å²) < 4.78 is 45.2. The Labute approximate surface area is 144 Å². The summed E-state index contributed by atoms with van der Waals surface area (Å²) in [4.78, 5) is 16.8. The Morgan fingerprint density at radius 3 is 2.64 bits per heavy atom. The zero-order valence-electron chi connectivity index (χ0n) is 12.5. The van der Waals surface area contributed by atoms with Crippen LogP contribution in [0.1, 0.15) is 21.0 Å². The third-order valence-electron chi connectivity index (χ3n) is 3.05. The molecule has 5 nitrogen and oxygen atoms in total. The summed E-state index contributed by atoms with van der Waals surface area (Å²) in [5.41, 5.74) is 0.794. The lowest BCUT2D eigenvalue weighted by molar-refractivity contribution is -0.274. The van der Waals surface area contributed by atoms with Crippen molar-refractivity contribution in [2.45, 2.75) is 12.8 Å². The molecule has 0 aliphatic rings. The number of hydrogen-bond donors (Lipinski definition) is 1. The van der Waals surface area contributed by atoms with Gasteiger partial charge < -0.3 is 9.15 Å². The maximum absolute atomic E-state index is 12.1. The van der Waals surface area contributed by atoms with Gasteiger partial charge in [-0.15, -0.1) is 24.5 Å². The molecule has 3 rings (SSSR count). The van der Waals surface area contributed by atoms with Gasteiger partial charge in [0.05, 0.1) is 6.26 Å². The van der Waals surface area contributed by atoms with Gasteiger partial charge in [0.1, 0.15) is 5.75 Å². The number of benzene rings is 1. The first-order valence-electron chi connectivity index (χ1n) is 7.03. The van der Waals surface area contributed by atoms with E-state index in [0.717, 1.165) is 10.4 Å². The first-order valence-corrected chi connectivity index (χ1v) is 7.85. The average molecular weight is 368 g/mol. The van der Waals surface area contributed by atoms with Gasteiger partial charge in [-0.2, -0.15) is 0 Å². The second-order valence-electron chi connectivity index (χ2n) is 4.93. The van der Waals surface area contributed by atoms with Crippen molar-refractivity contribution in [2.24, 2.45) is 0 Å². The van der Waals surface area contributed by atoms with Crippen molar-refractivity contribution >= 4 is 22.4 Å². The van der Waals surface area contributed by atoms with Crippen LogP contribution in [0.3, 0.4) is 0 Å². The van der Waals surface area contributed by atoms with E-state index in [2.05, 4.69) is 15.0 Å². The fourth-order valence-corrected chi connectivity index (χ4v) is 2.87. The number of anilines is 1. The van der Waals surface area contributed by atoms with Gasteiger partial charge in [0, 0.05) is 17.5 Å². The van der Waals surface area contributed by atoms with Gasteiger partial charge in [-0.25, -0.2) is 4.98 Å². The first kappa shape index (κ1) is 17.0. The van der Waals surface area contributed by atoms with Crippen LogP contribution in [-0.4, -0.2) is 17.3 Å². The molecule has 0 aliphatic heterocycles. The van der Waals surface area contributed by atoms with Gasteiger partial charge in [0.2, 0.25) is 0 Å². The number of aromatic nitrogens is 1. The molecular formula is C16H11F3N2O3S. The minimum Gasteiger partial charge on any atom is -0.459 e. The Morgan fingerprint density at radius 1 is 1.24 bits per heavy atom. The Balaban J connectivity index is 1.60. The molecule has 0 spiro atoms. The van der Waals surface area contributed by atoms with Crippen molar-refractivity contribution in [3.63, 3.8) is 0 Å². The Kier molecular flexibility index (Phi) is 4.75. The largest absolute Gasteiger partial charge is 0.573 e. The fourth-order valence-electron chi connectivity index (χ4n) is 2.02. The number of halogens is 3. The molecule has 9 heteroatoms. The SMILES string of the molecule is O=C(Nc1ncc(Cc2ccc(OC(F)(F)F)cc2)s1)c1ccco1. The van der Waals surface area contributed by atoms with Crippen molar-refractivity contribution < 1.29 is 27.1 Å². The van der Waals surface area contributed by atoms with E-state index in [9.17, 15) is 18.0 Å². The molecule has 130 valence electrons. The summed E-state index contributed by atoms with van der Waals surface area (Å²) in [6.45, 7) is 0. The molecule has 3 aromatic rings. The molecular weight excluding hydrogens is 357 g/mol. The van der Waals surface area contributed by atoms with E-state index >= 15 is 0 Å². The zero-order chi connectivity index (χ0) is 17.9. The number of carbonyl (C=O) groups excluding carboxylic acids is 1. The Morgan fingerprint density at radius 2 is 2.00 bits per heavy atom. The molecule has 0 radical (unpaired) electrons. The molecule has 0 saturated carbocycles. The normalized spacial score (nSPS) is 11.3. The minimum atomic E-state index is -4.71. The van der Waals surface area contributed by atoms with Crippen LogP contribution in [-0.2, 0) is 6.42 Å². The van der Waals surface area contributed by atoms with E-state index in [1.165, 1.54) is 35.8 Å². The first-order chi connectivity index (χ1) is 11.9. The molecule has 25 heavy (non-hydrogen) atoms. The third kappa shape index (κ3) is 4.83. The van der Waals surface area contributed by atoms with Crippen molar-refractivity contribution in [3.05, 3.63) is 65.1 Å². The van der Waals surface area contributed by atoms with Crippen molar-refractivity contribution in [3.8, 4) is 5.75 Å². The van der Waals surface area contributed by atoms with E-state index in [1.807, 2.05) is 0 Å². The van der Waals surface area contributed by atoms with Crippen molar-refractivity contribution in [1.29, 1.82) is 0 Å². The molecule has 0 bridgehead atoms. The Bertz CT molecular complexity index is 842. The maximum Gasteiger partial charge on any atom is 0.573 e. The highest BCUT2D eigenvalue weighted by Gasteiger charge is 2.30. The Hall–Kier alpha value is -2.81. The lowest BCUT2D eigenvalue weighted by Gasteiger charge is -2.08. The number of ether oxygens (including phenoxy) is 1. The number of nitrogens with zero attached hydrogens (tertiary/aromatic N) is 1. The molecule has 1 amide bonds. The highest BCUT2D eigenvalue weighted by molar-refractivity contribution is 7.15. The summed E-state index contributed by atoms with van der Waals surface area (Å²) in [7, 11) is 0. The van der Waals surface area contributed by atoms with Gasteiger partial charge in [0.15, 0.2) is 10.9 Å². The minimum absolute atomic E-state index is 0.178. The van der Waals surface area contributed by atoms with Crippen LogP contribution in [0, 0.1) is 0 Å². The highest BCUT2D eigenvalue weighted by Crippen LogP contribution is 2.25. The predicted molar refractivity (Wildman–Crippen MR) is 84.7 cm³/mol. The van der Waals surface area contributed by atoms with E-state index in [1.54, 1.807) is 24.4 Å². The highest BCUT2D eigenvalue weighted by atomic mass is 32.1. The number of hydrogen-bond acceptors (Lipinski definition) is 5. The summed E-state index contributed by atoms with van der Waals surface area (Å²) in [5, 5.41) is 3.03. The summed E-state index contributed by atoms with van der Waals surface area (Å²) in [6.07, 6.45) is -1.24. The monoisotopic (exact) mass is 368 g/mol. The second-order valence-corrected chi connectivity index (χ2v) is 6.05. The number of furan rings is 1. The summed E-state index contributed by atoms with van der Waals surface area (Å²) >= 11 is 1.27. The molecule has 2 heterocycles. The number of carbonyl (C=O) groups is 1. The summed E-state index contributed by atoms with van der Waals surface area (Å²) in [6, 6.07) is 8.74. The molecule has 0 atom stereocenters. The van der Waals surface area contributed by atoms with Crippen LogP contribution in [0.15, 0.2) is 53.3 Å². The van der Waals surface area contributed by atoms with Crippen LogP contribution in [0.2, 0.25) is 0 Å². The summed E-state index contributed by atoms with van der Waals surface area (Å²) in [5.74, 6) is -0.497. The van der Waals surface area contributed by atoms with Crippen LogP contribution in [0.4, 0.5) is 18.3 Å². The number of thiazole rings is 1. The number of rotatable bonds is 5. The molecule has 2 aromatic heterocycles. The van der Waals surface area contributed by atoms with Gasteiger partial charge in [0.25, 0.3) is 5.91 Å². The lowest BCUT2D eigenvalue weighted by atomic mass is 10.1. The second kappa shape index (κ2) is 6.98.